The van der Waals surface area contributed by atoms with Crippen molar-refractivity contribution in [2.45, 2.75) is 44.8 Å². The molecule has 1 fully saturated rings. The predicted molar refractivity (Wildman–Crippen MR) is 88.3 cm³/mol. The van der Waals surface area contributed by atoms with E-state index in [1.165, 1.54) is 0 Å². The fourth-order valence-electron chi connectivity index (χ4n) is 3.53. The lowest BCUT2D eigenvalue weighted by molar-refractivity contribution is -0.0394. The molecule has 2 aliphatic rings. The summed E-state index contributed by atoms with van der Waals surface area (Å²) in [5.74, 6) is 0. The molecule has 6 heteroatoms. The highest BCUT2D eigenvalue weighted by Gasteiger charge is 2.22. The Morgan fingerprint density at radius 2 is 2.17 bits per heavy atom. The maximum Gasteiger partial charge on any atom is 0.264 e. The number of hydrogen-bond donors (Lipinski definition) is 1. The first-order valence-corrected chi connectivity index (χ1v) is 8.57. The van der Waals surface area contributed by atoms with Crippen LogP contribution in [-0.2, 0) is 11.2 Å². The molecule has 128 valence electrons. The maximum absolute atomic E-state index is 13.6. The van der Waals surface area contributed by atoms with Crippen molar-refractivity contribution in [2.24, 2.45) is 0 Å². The molecule has 0 saturated carbocycles. The molecule has 2 aromatic rings. The van der Waals surface area contributed by atoms with Gasteiger partial charge in [-0.3, -0.25) is 0 Å². The van der Waals surface area contributed by atoms with Gasteiger partial charge in [-0.25, -0.2) is 13.5 Å². The van der Waals surface area contributed by atoms with Crippen LogP contribution in [-0.4, -0.2) is 22.9 Å². The zero-order valence-corrected chi connectivity index (χ0v) is 13.5. The highest BCUT2D eigenvalue weighted by Crippen LogP contribution is 2.37. The minimum atomic E-state index is -2.51. The van der Waals surface area contributed by atoms with Gasteiger partial charge < -0.3 is 10.1 Å². The summed E-state index contributed by atoms with van der Waals surface area (Å²) in [7, 11) is 0. The summed E-state index contributed by atoms with van der Waals surface area (Å²) >= 11 is 0. The van der Waals surface area contributed by atoms with E-state index < -0.39 is 6.43 Å². The molecule has 1 atom stereocenters. The van der Waals surface area contributed by atoms with Crippen molar-refractivity contribution in [2.75, 3.05) is 18.5 Å². The second-order valence-electron chi connectivity index (χ2n) is 6.46. The van der Waals surface area contributed by atoms with Crippen molar-refractivity contribution in [3.63, 3.8) is 0 Å². The van der Waals surface area contributed by atoms with Crippen LogP contribution in [0.2, 0.25) is 0 Å². The number of aromatic nitrogens is 2. The Morgan fingerprint density at radius 1 is 1.25 bits per heavy atom. The third kappa shape index (κ3) is 2.90. The third-order valence-corrected chi connectivity index (χ3v) is 4.81. The first-order valence-electron chi connectivity index (χ1n) is 8.57. The van der Waals surface area contributed by atoms with E-state index in [2.05, 4.69) is 10.4 Å². The van der Waals surface area contributed by atoms with Crippen molar-refractivity contribution in [3.05, 3.63) is 35.7 Å². The normalized spacial score (nSPS) is 20.7. The molecule has 0 amide bonds. The minimum Gasteiger partial charge on any atom is -0.385 e. The molecule has 1 aromatic carbocycles. The van der Waals surface area contributed by atoms with Crippen molar-refractivity contribution in [1.82, 2.24) is 9.78 Å². The van der Waals surface area contributed by atoms with Gasteiger partial charge in [0.1, 0.15) is 6.23 Å². The van der Waals surface area contributed by atoms with Crippen LogP contribution in [0.5, 0.6) is 0 Å². The first-order chi connectivity index (χ1) is 11.7. The quantitative estimate of drug-likeness (QED) is 0.896. The van der Waals surface area contributed by atoms with Crippen molar-refractivity contribution >= 4 is 5.69 Å². The SMILES string of the molecule is FC(F)c1cc2c(cc1-c1cnn(C3CCCCO3)c1)CCCN2. The fraction of sp³-hybridized carbons (Fsp3) is 0.500. The number of hydrogen-bond acceptors (Lipinski definition) is 3. The third-order valence-electron chi connectivity index (χ3n) is 4.81. The van der Waals surface area contributed by atoms with Crippen LogP contribution in [0, 0.1) is 0 Å². The van der Waals surface area contributed by atoms with Crippen molar-refractivity contribution in [1.29, 1.82) is 0 Å². The zero-order valence-electron chi connectivity index (χ0n) is 13.5. The summed E-state index contributed by atoms with van der Waals surface area (Å²) in [5.41, 5.74) is 3.31. The summed E-state index contributed by atoms with van der Waals surface area (Å²) in [5, 5.41) is 7.58. The Morgan fingerprint density at radius 3 is 2.96 bits per heavy atom. The van der Waals surface area contributed by atoms with Crippen LogP contribution in [0.3, 0.4) is 0 Å². The van der Waals surface area contributed by atoms with E-state index in [4.69, 9.17) is 4.74 Å². The van der Waals surface area contributed by atoms with Crippen LogP contribution in [0.15, 0.2) is 24.5 Å². The average molecular weight is 333 g/mol. The molecule has 0 bridgehead atoms. The molecule has 3 heterocycles. The van der Waals surface area contributed by atoms with Gasteiger partial charge in [-0.2, -0.15) is 5.10 Å². The van der Waals surface area contributed by atoms with E-state index in [0.717, 1.165) is 62.1 Å². The Bertz CT molecular complexity index is 723. The number of rotatable bonds is 3. The van der Waals surface area contributed by atoms with Crippen LogP contribution < -0.4 is 5.32 Å². The standard InChI is InChI=1S/C18H21F2N3O/c19-18(20)15-9-16-12(4-3-6-21-16)8-14(15)13-10-22-23(11-13)17-5-1-2-7-24-17/h8-11,17-18,21H,1-7H2. The van der Waals surface area contributed by atoms with E-state index in [9.17, 15) is 8.78 Å². The lowest BCUT2D eigenvalue weighted by Gasteiger charge is -2.22. The van der Waals surface area contributed by atoms with Gasteiger partial charge in [-0.05, 0) is 55.4 Å². The Hall–Kier alpha value is -1.95. The lowest BCUT2D eigenvalue weighted by Crippen LogP contribution is -2.18. The molecule has 1 saturated heterocycles. The number of aryl methyl sites for hydroxylation is 1. The number of benzene rings is 1. The zero-order chi connectivity index (χ0) is 16.5. The largest absolute Gasteiger partial charge is 0.385 e. The molecule has 4 rings (SSSR count). The van der Waals surface area contributed by atoms with Crippen LogP contribution >= 0.6 is 0 Å². The first kappa shape index (κ1) is 15.6. The average Bonchev–Trinajstić information content (AvgIpc) is 3.11. The summed E-state index contributed by atoms with van der Waals surface area (Å²) in [4.78, 5) is 0. The molecular weight excluding hydrogens is 312 g/mol. The smallest absolute Gasteiger partial charge is 0.264 e. The van der Waals surface area contributed by atoms with Gasteiger partial charge in [0.2, 0.25) is 0 Å². The number of nitrogens with zero attached hydrogens (tertiary/aromatic N) is 2. The van der Waals surface area contributed by atoms with E-state index in [1.807, 2.05) is 12.3 Å². The molecule has 4 nitrogen and oxygen atoms in total. The van der Waals surface area contributed by atoms with E-state index >= 15 is 0 Å². The van der Waals surface area contributed by atoms with Gasteiger partial charge in [0.15, 0.2) is 0 Å². The molecule has 1 aromatic heterocycles. The van der Waals surface area contributed by atoms with Gasteiger partial charge in [0, 0.05) is 36.2 Å². The van der Waals surface area contributed by atoms with Gasteiger partial charge in [0.25, 0.3) is 6.43 Å². The summed E-state index contributed by atoms with van der Waals surface area (Å²) in [6.07, 6.45) is 5.93. The monoisotopic (exact) mass is 333 g/mol. The van der Waals surface area contributed by atoms with Gasteiger partial charge in [-0.15, -0.1) is 0 Å². The lowest BCUT2D eigenvalue weighted by atomic mass is 9.94. The predicted octanol–water partition coefficient (Wildman–Crippen LogP) is 4.54. The fourth-order valence-corrected chi connectivity index (χ4v) is 3.53. The number of anilines is 1. The molecule has 1 unspecified atom stereocenters. The topological polar surface area (TPSA) is 39.1 Å². The summed E-state index contributed by atoms with van der Waals surface area (Å²) in [6, 6.07) is 3.50. The Kier molecular flexibility index (Phi) is 4.22. The molecule has 2 aliphatic heterocycles. The van der Waals surface area contributed by atoms with E-state index in [0.29, 0.717) is 5.56 Å². The number of ether oxygens (including phenoxy) is 1. The number of nitrogens with one attached hydrogen (secondary N) is 1. The van der Waals surface area contributed by atoms with Crippen molar-refractivity contribution in [3.8, 4) is 11.1 Å². The van der Waals surface area contributed by atoms with Crippen LogP contribution in [0.1, 0.15) is 49.5 Å². The van der Waals surface area contributed by atoms with E-state index in [-0.39, 0.29) is 11.8 Å². The highest BCUT2D eigenvalue weighted by molar-refractivity contribution is 5.72. The molecular formula is C18H21F2N3O. The molecule has 1 N–H and O–H groups in total. The van der Waals surface area contributed by atoms with Crippen LogP contribution in [0.25, 0.3) is 11.1 Å². The summed E-state index contributed by atoms with van der Waals surface area (Å²) in [6.45, 7) is 1.57. The second kappa shape index (κ2) is 6.51. The molecule has 0 aliphatic carbocycles. The molecule has 0 spiro atoms. The molecule has 0 radical (unpaired) electrons. The van der Waals surface area contributed by atoms with Gasteiger partial charge in [-0.1, -0.05) is 0 Å². The summed E-state index contributed by atoms with van der Waals surface area (Å²) < 4.78 is 34.6. The van der Waals surface area contributed by atoms with Gasteiger partial charge >= 0.3 is 0 Å². The number of alkyl halides is 2. The number of halogens is 2. The maximum atomic E-state index is 13.6. The number of fused-ring (bicyclic) bond motifs is 1. The van der Waals surface area contributed by atoms with E-state index in [1.54, 1.807) is 16.9 Å². The Balaban J connectivity index is 1.71. The van der Waals surface area contributed by atoms with Gasteiger partial charge in [0.05, 0.1) is 6.20 Å². The molecule has 24 heavy (non-hydrogen) atoms. The van der Waals surface area contributed by atoms with Crippen LogP contribution in [0.4, 0.5) is 14.5 Å². The van der Waals surface area contributed by atoms with Crippen molar-refractivity contribution < 1.29 is 13.5 Å². The second-order valence-corrected chi connectivity index (χ2v) is 6.46. The Labute approximate surface area is 139 Å². The highest BCUT2D eigenvalue weighted by atomic mass is 19.3. The minimum absolute atomic E-state index is 0.0623.